The molecule has 28 heavy (non-hydrogen) atoms. The fourth-order valence-electron chi connectivity index (χ4n) is 4.25. The fourth-order valence-corrected chi connectivity index (χ4v) is 4.25. The van der Waals surface area contributed by atoms with E-state index in [4.69, 9.17) is 9.47 Å². The fraction of sp³-hybridized carbons (Fsp3) is 0.455. The SMILES string of the molecule is COc1cccc(C[C@H]2CN(C(=O)c3c(C)[nH]c4c3C(=O)CCC4)CCO2)c1. The second kappa shape index (κ2) is 7.80. The Labute approximate surface area is 164 Å². The van der Waals surface area contributed by atoms with E-state index in [1.54, 1.807) is 7.11 Å². The number of H-pyrrole nitrogens is 1. The van der Waals surface area contributed by atoms with Gasteiger partial charge in [-0.1, -0.05) is 12.1 Å². The van der Waals surface area contributed by atoms with Crippen molar-refractivity contribution < 1.29 is 19.1 Å². The van der Waals surface area contributed by atoms with Crippen LogP contribution in [0.1, 0.15) is 50.5 Å². The Balaban J connectivity index is 1.51. The predicted octanol–water partition coefficient (Wildman–Crippen LogP) is 2.93. The summed E-state index contributed by atoms with van der Waals surface area (Å²) in [7, 11) is 1.65. The molecule has 0 spiro atoms. The van der Waals surface area contributed by atoms with E-state index in [-0.39, 0.29) is 17.8 Å². The summed E-state index contributed by atoms with van der Waals surface area (Å²) in [5, 5.41) is 0. The molecule has 6 heteroatoms. The van der Waals surface area contributed by atoms with Gasteiger partial charge in [-0.2, -0.15) is 0 Å². The van der Waals surface area contributed by atoms with Gasteiger partial charge < -0.3 is 19.4 Å². The Hall–Kier alpha value is -2.60. The molecule has 2 aliphatic rings. The summed E-state index contributed by atoms with van der Waals surface area (Å²) < 4.78 is 11.2. The highest BCUT2D eigenvalue weighted by molar-refractivity contribution is 6.10. The van der Waals surface area contributed by atoms with Crippen molar-refractivity contribution in [1.29, 1.82) is 0 Å². The van der Waals surface area contributed by atoms with E-state index in [1.807, 2.05) is 36.1 Å². The number of carbonyl (C=O) groups is 2. The number of aromatic nitrogens is 1. The van der Waals surface area contributed by atoms with Crippen LogP contribution in [0.25, 0.3) is 0 Å². The summed E-state index contributed by atoms with van der Waals surface area (Å²) in [6.07, 6.45) is 2.84. The summed E-state index contributed by atoms with van der Waals surface area (Å²) in [5.74, 6) is 0.827. The van der Waals surface area contributed by atoms with Gasteiger partial charge in [-0.25, -0.2) is 0 Å². The molecule has 0 unspecified atom stereocenters. The number of benzene rings is 1. The molecular formula is C22H26N2O4. The molecule has 0 saturated carbocycles. The van der Waals surface area contributed by atoms with Gasteiger partial charge in [-0.15, -0.1) is 0 Å². The Bertz CT molecular complexity index is 902. The maximum absolute atomic E-state index is 13.3. The van der Waals surface area contributed by atoms with Gasteiger partial charge in [-0.05, 0) is 37.5 Å². The number of rotatable bonds is 4. The molecule has 0 bridgehead atoms. The number of nitrogens with one attached hydrogen (secondary N) is 1. The number of nitrogens with zero attached hydrogens (tertiary/aromatic N) is 1. The number of Topliss-reactive ketones (excluding diaryl/α,β-unsaturated/α-hetero) is 1. The van der Waals surface area contributed by atoms with Crippen LogP contribution in [-0.2, 0) is 17.6 Å². The molecule has 1 N–H and O–H groups in total. The second-order valence-electron chi connectivity index (χ2n) is 7.55. The monoisotopic (exact) mass is 382 g/mol. The average Bonchev–Trinajstić information content (AvgIpc) is 3.05. The number of ether oxygens (including phenoxy) is 2. The smallest absolute Gasteiger partial charge is 0.256 e. The molecule has 1 aromatic heterocycles. The number of aromatic amines is 1. The number of hydrogen-bond donors (Lipinski definition) is 1. The van der Waals surface area contributed by atoms with Gasteiger partial charge in [-0.3, -0.25) is 9.59 Å². The molecule has 148 valence electrons. The minimum Gasteiger partial charge on any atom is -0.497 e. The van der Waals surface area contributed by atoms with E-state index in [9.17, 15) is 9.59 Å². The second-order valence-corrected chi connectivity index (χ2v) is 7.55. The Morgan fingerprint density at radius 2 is 2.21 bits per heavy atom. The molecule has 4 rings (SSSR count). The lowest BCUT2D eigenvalue weighted by atomic mass is 9.92. The van der Waals surface area contributed by atoms with Crippen molar-refractivity contribution in [2.75, 3.05) is 26.8 Å². The lowest BCUT2D eigenvalue weighted by molar-refractivity contribution is -0.0208. The zero-order chi connectivity index (χ0) is 19.7. The number of ketones is 1. The Morgan fingerprint density at radius 3 is 3.04 bits per heavy atom. The predicted molar refractivity (Wildman–Crippen MR) is 105 cm³/mol. The van der Waals surface area contributed by atoms with Crippen molar-refractivity contribution in [1.82, 2.24) is 9.88 Å². The van der Waals surface area contributed by atoms with Crippen molar-refractivity contribution in [3.05, 3.63) is 52.3 Å². The van der Waals surface area contributed by atoms with Crippen molar-refractivity contribution in [3.63, 3.8) is 0 Å². The van der Waals surface area contributed by atoms with Crippen molar-refractivity contribution in [2.24, 2.45) is 0 Å². The zero-order valence-electron chi connectivity index (χ0n) is 16.4. The first kappa shape index (κ1) is 18.7. The number of methoxy groups -OCH3 is 1. The molecule has 2 aromatic rings. The summed E-state index contributed by atoms with van der Waals surface area (Å²) in [4.78, 5) is 30.8. The first-order valence-corrected chi connectivity index (χ1v) is 9.85. The number of carbonyl (C=O) groups excluding carboxylic acids is 2. The molecule has 1 aliphatic carbocycles. The lowest BCUT2D eigenvalue weighted by Crippen LogP contribution is -2.46. The normalized spacial score (nSPS) is 19.4. The molecule has 1 fully saturated rings. The van der Waals surface area contributed by atoms with Gasteiger partial charge in [0.25, 0.3) is 5.91 Å². The summed E-state index contributed by atoms with van der Waals surface area (Å²) in [6, 6.07) is 7.91. The van der Waals surface area contributed by atoms with Crippen LogP contribution in [0, 0.1) is 6.92 Å². The number of morpholine rings is 1. The molecular weight excluding hydrogens is 356 g/mol. The summed E-state index contributed by atoms with van der Waals surface area (Å²) in [5.41, 5.74) is 4.00. The third-order valence-electron chi connectivity index (χ3n) is 5.61. The molecule has 1 amide bonds. The number of fused-ring (bicyclic) bond motifs is 1. The summed E-state index contributed by atoms with van der Waals surface area (Å²) >= 11 is 0. The van der Waals surface area contributed by atoms with E-state index in [2.05, 4.69) is 4.98 Å². The molecule has 6 nitrogen and oxygen atoms in total. The molecule has 0 radical (unpaired) electrons. The number of hydrogen-bond acceptors (Lipinski definition) is 4. The molecule has 1 aliphatic heterocycles. The van der Waals surface area contributed by atoms with E-state index < -0.39 is 0 Å². The highest BCUT2D eigenvalue weighted by Crippen LogP contribution is 2.28. The van der Waals surface area contributed by atoms with Crippen LogP contribution >= 0.6 is 0 Å². The van der Waals surface area contributed by atoms with E-state index in [0.29, 0.717) is 43.7 Å². The molecule has 2 heterocycles. The van der Waals surface area contributed by atoms with Gasteiger partial charge in [0.1, 0.15) is 5.75 Å². The van der Waals surface area contributed by atoms with E-state index >= 15 is 0 Å². The van der Waals surface area contributed by atoms with Gasteiger partial charge in [0.05, 0.1) is 30.9 Å². The zero-order valence-corrected chi connectivity index (χ0v) is 16.4. The van der Waals surface area contributed by atoms with Crippen LogP contribution in [0.4, 0.5) is 0 Å². The number of aryl methyl sites for hydroxylation is 2. The van der Waals surface area contributed by atoms with Crippen LogP contribution in [0.5, 0.6) is 5.75 Å². The van der Waals surface area contributed by atoms with Gasteiger partial charge >= 0.3 is 0 Å². The maximum Gasteiger partial charge on any atom is 0.256 e. The average molecular weight is 382 g/mol. The first-order chi connectivity index (χ1) is 13.6. The molecule has 1 saturated heterocycles. The van der Waals surface area contributed by atoms with Crippen LogP contribution in [0.15, 0.2) is 24.3 Å². The minimum absolute atomic E-state index is 0.0656. The maximum atomic E-state index is 13.3. The van der Waals surface area contributed by atoms with Gasteiger partial charge in [0.2, 0.25) is 0 Å². The van der Waals surface area contributed by atoms with Crippen molar-refractivity contribution in [2.45, 2.75) is 38.7 Å². The highest BCUT2D eigenvalue weighted by Gasteiger charge is 2.33. The molecule has 1 aromatic carbocycles. The third kappa shape index (κ3) is 3.56. The first-order valence-electron chi connectivity index (χ1n) is 9.85. The van der Waals surface area contributed by atoms with Crippen LogP contribution in [-0.4, -0.2) is 54.5 Å². The highest BCUT2D eigenvalue weighted by atomic mass is 16.5. The van der Waals surface area contributed by atoms with Gasteiger partial charge in [0.15, 0.2) is 5.78 Å². The quantitative estimate of drug-likeness (QED) is 0.883. The standard InChI is InChI=1S/C22H26N2O4/c1-14-20(21-18(23-14)7-4-8-19(21)25)22(26)24-9-10-28-17(13-24)12-15-5-3-6-16(11-15)27-2/h3,5-6,11,17,23H,4,7-10,12-13H2,1-2H3/t17-/m0/s1. The minimum atomic E-state index is -0.0735. The largest absolute Gasteiger partial charge is 0.497 e. The van der Waals surface area contributed by atoms with E-state index in [0.717, 1.165) is 35.5 Å². The van der Waals surface area contributed by atoms with E-state index in [1.165, 1.54) is 0 Å². The molecule has 1 atom stereocenters. The topological polar surface area (TPSA) is 71.6 Å². The van der Waals surface area contributed by atoms with Crippen LogP contribution in [0.2, 0.25) is 0 Å². The van der Waals surface area contributed by atoms with Crippen molar-refractivity contribution >= 4 is 11.7 Å². The lowest BCUT2D eigenvalue weighted by Gasteiger charge is -2.33. The van der Waals surface area contributed by atoms with Crippen LogP contribution < -0.4 is 4.74 Å². The number of amides is 1. The third-order valence-corrected chi connectivity index (χ3v) is 5.61. The van der Waals surface area contributed by atoms with Gasteiger partial charge in [0, 0.05) is 37.3 Å². The summed E-state index contributed by atoms with van der Waals surface area (Å²) in [6.45, 7) is 3.44. The Morgan fingerprint density at radius 1 is 1.36 bits per heavy atom. The van der Waals surface area contributed by atoms with Crippen molar-refractivity contribution in [3.8, 4) is 5.75 Å². The van der Waals surface area contributed by atoms with Crippen LogP contribution in [0.3, 0.4) is 0 Å². The Kier molecular flexibility index (Phi) is 5.22.